The van der Waals surface area contributed by atoms with Crippen molar-refractivity contribution in [3.05, 3.63) is 60.0 Å². The van der Waals surface area contributed by atoms with Gasteiger partial charge in [-0.25, -0.2) is 15.0 Å². The van der Waals surface area contributed by atoms with Crippen molar-refractivity contribution >= 4 is 0 Å². The Hall–Kier alpha value is -3.80. The summed E-state index contributed by atoms with van der Waals surface area (Å²) in [6.45, 7) is 0. The van der Waals surface area contributed by atoms with Gasteiger partial charge in [0.05, 0.1) is 6.42 Å². The van der Waals surface area contributed by atoms with E-state index in [1.807, 2.05) is 24.3 Å². The van der Waals surface area contributed by atoms with Crippen LogP contribution in [0, 0.1) is 5.92 Å². The minimum absolute atomic E-state index is 0.297. The molecule has 2 aromatic heterocycles. The number of aryl methyl sites for hydroxylation is 1. The first-order chi connectivity index (χ1) is 25.4. The number of fused-ring (bicyclic) bond motifs is 1. The van der Waals surface area contributed by atoms with E-state index in [1.54, 1.807) is 0 Å². The molecule has 1 aliphatic heterocycles. The number of benzene rings is 1. The first-order valence-electron chi connectivity index (χ1n) is 17.4. The van der Waals surface area contributed by atoms with Crippen LogP contribution in [-0.2, 0) is 12.3 Å². The van der Waals surface area contributed by atoms with Gasteiger partial charge < -0.3 is 4.74 Å². The van der Waals surface area contributed by atoms with Crippen molar-refractivity contribution in [2.75, 3.05) is 0 Å². The molecule has 0 radical (unpaired) electrons. The summed E-state index contributed by atoms with van der Waals surface area (Å²) < 4.78 is 211. The quantitative estimate of drug-likeness (QED) is 0.0949. The Balaban J connectivity index is 1.20. The summed E-state index contributed by atoms with van der Waals surface area (Å²) in [5.74, 6) is -43.9. The smallest absolute Gasteiger partial charge is 0.460 e. The van der Waals surface area contributed by atoms with Crippen molar-refractivity contribution in [2.45, 2.75) is 125 Å². The topological polar surface area (TPSA) is 47.9 Å². The summed E-state index contributed by atoms with van der Waals surface area (Å²) in [7, 11) is 0. The van der Waals surface area contributed by atoms with Gasteiger partial charge in [0.15, 0.2) is 17.6 Å². The monoisotopic (exact) mass is 809 g/mol. The maximum atomic E-state index is 15.2. The molecule has 1 aromatic carbocycles. The number of nitrogens with zero attached hydrogens (tertiary/aromatic N) is 3. The van der Waals surface area contributed by atoms with Crippen LogP contribution in [0.3, 0.4) is 0 Å². The average molecular weight is 810 g/mol. The zero-order chi connectivity index (χ0) is 40.7. The van der Waals surface area contributed by atoms with Crippen LogP contribution < -0.4 is 4.74 Å². The Morgan fingerprint density at radius 2 is 1.16 bits per heavy atom. The average Bonchev–Trinajstić information content (AvgIpc) is 3.91. The number of aromatic nitrogens is 3. The second-order valence-electron chi connectivity index (χ2n) is 13.9. The van der Waals surface area contributed by atoms with Gasteiger partial charge in [-0.1, -0.05) is 82.1 Å². The third-order valence-corrected chi connectivity index (χ3v) is 9.73. The van der Waals surface area contributed by atoms with Gasteiger partial charge in [-0.05, 0) is 42.0 Å². The maximum absolute atomic E-state index is 15.2. The highest BCUT2D eigenvalue weighted by Crippen LogP contribution is 2.61. The molecule has 3 heterocycles. The zero-order valence-electron chi connectivity index (χ0n) is 28.7. The molecule has 55 heavy (non-hydrogen) atoms. The Labute approximate surface area is 304 Å². The Kier molecular flexibility index (Phi) is 11.8. The van der Waals surface area contributed by atoms with E-state index in [4.69, 9.17) is 0 Å². The van der Waals surface area contributed by atoms with Crippen molar-refractivity contribution in [2.24, 2.45) is 5.92 Å². The number of alkyl halides is 15. The number of hydrogen-bond acceptors (Lipinski definition) is 4. The predicted molar refractivity (Wildman–Crippen MR) is 168 cm³/mol. The van der Waals surface area contributed by atoms with E-state index in [0.29, 0.717) is 17.2 Å². The predicted octanol–water partition coefficient (Wildman–Crippen LogP) is 12.3. The summed E-state index contributed by atoms with van der Waals surface area (Å²) >= 11 is 0. The van der Waals surface area contributed by atoms with E-state index in [-0.39, 0.29) is 5.82 Å². The summed E-state index contributed by atoms with van der Waals surface area (Å²) in [4.78, 5) is 11.6. The van der Waals surface area contributed by atoms with Gasteiger partial charge in [0, 0.05) is 18.0 Å². The first-order valence-corrected chi connectivity index (χ1v) is 17.4. The normalized spacial score (nSPS) is 18.0. The lowest BCUT2D eigenvalue weighted by molar-refractivity contribution is -0.441. The van der Waals surface area contributed by atoms with Crippen molar-refractivity contribution in [3.63, 3.8) is 0 Å². The number of hydrogen-bond donors (Lipinski definition) is 0. The lowest BCUT2D eigenvalue weighted by Crippen LogP contribution is -2.70. The Morgan fingerprint density at radius 1 is 0.618 bits per heavy atom. The lowest BCUT2D eigenvalue weighted by Gasteiger charge is -2.40. The second-order valence-corrected chi connectivity index (χ2v) is 13.9. The molecule has 0 amide bonds. The largest absolute Gasteiger partial charge is 0.481 e. The van der Waals surface area contributed by atoms with E-state index in [9.17, 15) is 57.1 Å². The molecule has 0 spiro atoms. The SMILES string of the molecule is FC1(F)c2nc(-c3ncc(-c4ccc(CCCCCCCCCC5CC5)cc4)cn3)ccc2OC1CC(F)(F)C(F)(F)C(F)(F)C(F)(F)C(F)(F)C(F)(F)F. The third kappa shape index (κ3) is 8.35. The van der Waals surface area contributed by atoms with Crippen LogP contribution in [-0.4, -0.2) is 56.8 Å². The van der Waals surface area contributed by atoms with Gasteiger partial charge in [0.25, 0.3) is 0 Å². The van der Waals surface area contributed by atoms with Crippen molar-refractivity contribution in [1.82, 2.24) is 15.0 Å². The van der Waals surface area contributed by atoms with Crippen LogP contribution in [0.15, 0.2) is 48.8 Å². The fourth-order valence-electron chi connectivity index (χ4n) is 6.14. The number of unbranched alkanes of at least 4 members (excludes halogenated alkanes) is 6. The van der Waals surface area contributed by atoms with E-state index in [2.05, 4.69) is 19.7 Å². The molecule has 3 aromatic rings. The number of halogens is 15. The molecule has 304 valence electrons. The molecule has 0 N–H and O–H groups in total. The molecule has 0 bridgehead atoms. The molecular formula is C36H34F15N3O. The lowest BCUT2D eigenvalue weighted by atomic mass is 9.90. The van der Waals surface area contributed by atoms with Gasteiger partial charge >= 0.3 is 41.7 Å². The Bertz CT molecular complexity index is 1760. The number of ether oxygens (including phenoxy) is 1. The Morgan fingerprint density at radius 3 is 1.73 bits per heavy atom. The number of rotatable bonds is 18. The summed E-state index contributed by atoms with van der Waals surface area (Å²) in [6.07, 6.45) is 1.69. The fourth-order valence-corrected chi connectivity index (χ4v) is 6.14. The van der Waals surface area contributed by atoms with Crippen molar-refractivity contribution < 1.29 is 70.6 Å². The van der Waals surface area contributed by atoms with E-state index in [0.717, 1.165) is 36.8 Å². The zero-order valence-corrected chi connectivity index (χ0v) is 28.7. The minimum atomic E-state index is -8.16. The maximum Gasteiger partial charge on any atom is 0.460 e. The highest BCUT2D eigenvalue weighted by molar-refractivity contribution is 5.63. The summed E-state index contributed by atoms with van der Waals surface area (Å²) in [5.41, 5.74) is 0.382. The molecule has 1 atom stereocenters. The minimum Gasteiger partial charge on any atom is -0.481 e. The fraction of sp³-hybridized carbons (Fsp3) is 0.583. The molecule has 19 heteroatoms. The molecule has 2 aliphatic rings. The van der Waals surface area contributed by atoms with E-state index >= 15 is 8.78 Å². The molecule has 1 aliphatic carbocycles. The van der Waals surface area contributed by atoms with Crippen LogP contribution in [0.25, 0.3) is 22.6 Å². The van der Waals surface area contributed by atoms with Gasteiger partial charge in [-0.3, -0.25) is 0 Å². The van der Waals surface area contributed by atoms with Gasteiger partial charge in [0.2, 0.25) is 0 Å². The summed E-state index contributed by atoms with van der Waals surface area (Å²) in [6, 6.07) is 9.16. The van der Waals surface area contributed by atoms with Crippen LogP contribution in [0.4, 0.5) is 65.9 Å². The number of pyridine rings is 1. The molecule has 0 saturated heterocycles. The highest BCUT2D eigenvalue weighted by Gasteiger charge is 2.91. The van der Waals surface area contributed by atoms with Crippen molar-refractivity contribution in [3.8, 4) is 28.4 Å². The van der Waals surface area contributed by atoms with E-state index < -0.39 is 71.4 Å². The van der Waals surface area contributed by atoms with Gasteiger partial charge in [0.1, 0.15) is 11.4 Å². The third-order valence-electron chi connectivity index (χ3n) is 9.73. The van der Waals surface area contributed by atoms with Crippen LogP contribution in [0.2, 0.25) is 0 Å². The summed E-state index contributed by atoms with van der Waals surface area (Å²) in [5, 5.41) is 0. The van der Waals surface area contributed by atoms with Crippen LogP contribution in [0.5, 0.6) is 5.75 Å². The molecular weight excluding hydrogens is 775 g/mol. The highest BCUT2D eigenvalue weighted by atomic mass is 19.4. The molecule has 5 rings (SSSR count). The molecule has 1 unspecified atom stereocenters. The van der Waals surface area contributed by atoms with Crippen LogP contribution in [0.1, 0.15) is 81.9 Å². The van der Waals surface area contributed by atoms with Gasteiger partial charge in [-0.15, -0.1) is 0 Å². The molecule has 1 saturated carbocycles. The van der Waals surface area contributed by atoms with E-state index in [1.165, 1.54) is 63.8 Å². The molecule has 1 fully saturated rings. The second kappa shape index (κ2) is 15.3. The first kappa shape index (κ1) is 42.3. The molecule has 4 nitrogen and oxygen atoms in total. The van der Waals surface area contributed by atoms with Crippen LogP contribution >= 0.6 is 0 Å². The standard InChI is InChI=1S/C36H34F15N3O/c37-30(38,32(41,42)33(43,44)34(45,46)35(47,48)36(49,50)51)18-27-31(39,40)28-26(55-27)17-16-25(54-28)29-52-19-24(20-53-29)23-14-12-22(13-15-23)9-7-5-3-1-2-4-6-8-21-10-11-21/h12-17,19-21,27H,1-11,18H2. The van der Waals surface area contributed by atoms with Gasteiger partial charge in [-0.2, -0.15) is 65.9 Å². The van der Waals surface area contributed by atoms with Crippen molar-refractivity contribution in [1.29, 1.82) is 0 Å².